The first-order valence-corrected chi connectivity index (χ1v) is 4.20. The molecule has 0 radical (unpaired) electrons. The Morgan fingerprint density at radius 3 is 2.79 bits per heavy atom. The molecule has 2 rings (SSSR count). The van der Waals surface area contributed by atoms with Crippen molar-refractivity contribution < 1.29 is 9.50 Å². The molecule has 0 saturated heterocycles. The first-order chi connectivity index (χ1) is 6.75. The predicted molar refractivity (Wildman–Crippen MR) is 49.4 cm³/mol. The predicted octanol–water partition coefficient (Wildman–Crippen LogP) is 1.78. The largest absolute Gasteiger partial charge is 0.505 e. The number of rotatable bonds is 2. The van der Waals surface area contributed by atoms with E-state index in [2.05, 4.69) is 5.10 Å². The second kappa shape index (κ2) is 3.49. The van der Waals surface area contributed by atoms with Gasteiger partial charge in [0.1, 0.15) is 5.82 Å². The first-order valence-electron chi connectivity index (χ1n) is 4.20. The van der Waals surface area contributed by atoms with E-state index < -0.39 is 0 Å². The fraction of sp³-hybridized carbons (Fsp3) is 0.100. The molecule has 4 heteroatoms. The molecule has 0 unspecified atom stereocenters. The molecule has 0 amide bonds. The minimum Gasteiger partial charge on any atom is -0.505 e. The highest BCUT2D eigenvalue weighted by Gasteiger charge is 2.02. The summed E-state index contributed by atoms with van der Waals surface area (Å²) in [5, 5.41) is 12.9. The third-order valence-corrected chi connectivity index (χ3v) is 1.91. The van der Waals surface area contributed by atoms with Crippen LogP contribution in [-0.2, 0) is 6.54 Å². The van der Waals surface area contributed by atoms with Crippen LogP contribution in [0.4, 0.5) is 4.39 Å². The van der Waals surface area contributed by atoms with E-state index in [1.54, 1.807) is 18.2 Å². The Bertz CT molecular complexity index is 439. The Labute approximate surface area is 80.4 Å². The zero-order chi connectivity index (χ0) is 9.97. The van der Waals surface area contributed by atoms with Gasteiger partial charge in [0.05, 0.1) is 18.9 Å². The molecular formula is C10H9FN2O. The maximum atomic E-state index is 13.2. The van der Waals surface area contributed by atoms with Gasteiger partial charge in [0.2, 0.25) is 0 Å². The van der Waals surface area contributed by atoms with Crippen LogP contribution in [0.2, 0.25) is 0 Å². The quantitative estimate of drug-likeness (QED) is 0.787. The SMILES string of the molecule is Oc1cnn(Cc2ccccc2F)c1. The summed E-state index contributed by atoms with van der Waals surface area (Å²) in [6, 6.07) is 6.49. The summed E-state index contributed by atoms with van der Waals surface area (Å²) in [5.74, 6) is -0.177. The van der Waals surface area contributed by atoms with Crippen molar-refractivity contribution in [3.8, 4) is 5.75 Å². The van der Waals surface area contributed by atoms with Crippen molar-refractivity contribution in [2.24, 2.45) is 0 Å². The fourth-order valence-electron chi connectivity index (χ4n) is 1.24. The van der Waals surface area contributed by atoms with E-state index in [0.717, 1.165) is 0 Å². The van der Waals surface area contributed by atoms with Crippen LogP contribution in [0.5, 0.6) is 5.75 Å². The zero-order valence-electron chi connectivity index (χ0n) is 7.39. The van der Waals surface area contributed by atoms with Crippen LogP contribution in [-0.4, -0.2) is 14.9 Å². The number of aromatic hydroxyl groups is 1. The fourth-order valence-corrected chi connectivity index (χ4v) is 1.24. The molecule has 0 saturated carbocycles. The van der Waals surface area contributed by atoms with E-state index in [1.807, 2.05) is 0 Å². The van der Waals surface area contributed by atoms with Crippen LogP contribution in [0.3, 0.4) is 0 Å². The molecule has 1 heterocycles. The van der Waals surface area contributed by atoms with Gasteiger partial charge in [-0.1, -0.05) is 18.2 Å². The van der Waals surface area contributed by atoms with E-state index in [0.29, 0.717) is 12.1 Å². The lowest BCUT2D eigenvalue weighted by molar-refractivity contribution is 0.474. The maximum absolute atomic E-state index is 13.2. The number of nitrogens with zero attached hydrogens (tertiary/aromatic N) is 2. The standard InChI is InChI=1S/C10H9FN2O/c11-10-4-2-1-3-8(10)6-13-7-9(14)5-12-13/h1-5,7,14H,6H2. The molecule has 0 aliphatic carbocycles. The van der Waals surface area contributed by atoms with Crippen molar-refractivity contribution >= 4 is 0 Å². The Morgan fingerprint density at radius 2 is 2.14 bits per heavy atom. The summed E-state index contributed by atoms with van der Waals surface area (Å²) < 4.78 is 14.7. The summed E-state index contributed by atoms with van der Waals surface area (Å²) in [4.78, 5) is 0. The third-order valence-electron chi connectivity index (χ3n) is 1.91. The zero-order valence-corrected chi connectivity index (χ0v) is 7.39. The van der Waals surface area contributed by atoms with Crippen LogP contribution in [0, 0.1) is 5.82 Å². The normalized spacial score (nSPS) is 10.4. The first kappa shape index (κ1) is 8.74. The smallest absolute Gasteiger partial charge is 0.153 e. The van der Waals surface area contributed by atoms with Crippen molar-refractivity contribution in [3.63, 3.8) is 0 Å². The van der Waals surface area contributed by atoms with Gasteiger partial charge in [-0.3, -0.25) is 4.68 Å². The minimum atomic E-state index is -0.262. The minimum absolute atomic E-state index is 0.0846. The van der Waals surface area contributed by atoms with Gasteiger partial charge in [-0.15, -0.1) is 0 Å². The summed E-state index contributed by atoms with van der Waals surface area (Å²) in [6.45, 7) is 0.327. The number of hydrogen-bond donors (Lipinski definition) is 1. The van der Waals surface area contributed by atoms with Crippen LogP contribution in [0.25, 0.3) is 0 Å². The molecule has 0 atom stereocenters. The summed E-state index contributed by atoms with van der Waals surface area (Å²) in [6.07, 6.45) is 2.77. The van der Waals surface area contributed by atoms with E-state index in [1.165, 1.54) is 23.1 Å². The monoisotopic (exact) mass is 192 g/mol. The van der Waals surface area contributed by atoms with Crippen molar-refractivity contribution in [3.05, 3.63) is 48.0 Å². The molecule has 1 aromatic heterocycles. The Kier molecular flexibility index (Phi) is 2.18. The van der Waals surface area contributed by atoms with Crippen molar-refractivity contribution in [1.29, 1.82) is 0 Å². The summed E-state index contributed by atoms with van der Waals surface area (Å²) in [5.41, 5.74) is 0.551. The van der Waals surface area contributed by atoms with E-state index in [-0.39, 0.29) is 11.6 Å². The van der Waals surface area contributed by atoms with Gasteiger partial charge >= 0.3 is 0 Å². The van der Waals surface area contributed by atoms with Gasteiger partial charge in [0, 0.05) is 5.56 Å². The van der Waals surface area contributed by atoms with Crippen LogP contribution in [0.1, 0.15) is 5.56 Å². The van der Waals surface area contributed by atoms with Crippen molar-refractivity contribution in [1.82, 2.24) is 9.78 Å². The van der Waals surface area contributed by atoms with Crippen molar-refractivity contribution in [2.45, 2.75) is 6.54 Å². The Hall–Kier alpha value is -1.84. The number of hydrogen-bond acceptors (Lipinski definition) is 2. The van der Waals surface area contributed by atoms with Crippen molar-refractivity contribution in [2.75, 3.05) is 0 Å². The average molecular weight is 192 g/mol. The maximum Gasteiger partial charge on any atom is 0.153 e. The molecule has 1 aromatic carbocycles. The van der Waals surface area contributed by atoms with Gasteiger partial charge < -0.3 is 5.11 Å². The molecule has 72 valence electrons. The second-order valence-electron chi connectivity index (χ2n) is 2.99. The summed E-state index contributed by atoms with van der Waals surface area (Å²) >= 11 is 0. The average Bonchev–Trinajstić information content (AvgIpc) is 2.56. The van der Waals surface area contributed by atoms with E-state index in [4.69, 9.17) is 5.11 Å². The molecule has 0 aliphatic rings. The van der Waals surface area contributed by atoms with E-state index in [9.17, 15) is 4.39 Å². The number of benzene rings is 1. The molecule has 2 aromatic rings. The molecule has 0 fully saturated rings. The lowest BCUT2D eigenvalue weighted by Crippen LogP contribution is -2.01. The highest BCUT2D eigenvalue weighted by atomic mass is 19.1. The highest BCUT2D eigenvalue weighted by Crippen LogP contribution is 2.10. The van der Waals surface area contributed by atoms with Gasteiger partial charge in [-0.25, -0.2) is 4.39 Å². The second-order valence-corrected chi connectivity index (χ2v) is 2.99. The van der Waals surface area contributed by atoms with Crippen LogP contribution in [0.15, 0.2) is 36.7 Å². The molecular weight excluding hydrogens is 183 g/mol. The van der Waals surface area contributed by atoms with Crippen LogP contribution >= 0.6 is 0 Å². The van der Waals surface area contributed by atoms with Crippen LogP contribution < -0.4 is 0 Å². The third kappa shape index (κ3) is 1.74. The Balaban J connectivity index is 2.23. The van der Waals surface area contributed by atoms with Gasteiger partial charge in [0.15, 0.2) is 5.75 Å². The Morgan fingerprint density at radius 1 is 1.36 bits per heavy atom. The summed E-state index contributed by atoms with van der Waals surface area (Å²) in [7, 11) is 0. The van der Waals surface area contributed by atoms with Gasteiger partial charge in [0.25, 0.3) is 0 Å². The lowest BCUT2D eigenvalue weighted by Gasteiger charge is -2.02. The van der Waals surface area contributed by atoms with E-state index >= 15 is 0 Å². The number of aromatic nitrogens is 2. The molecule has 0 bridgehead atoms. The topological polar surface area (TPSA) is 38.1 Å². The lowest BCUT2D eigenvalue weighted by atomic mass is 10.2. The molecule has 0 aliphatic heterocycles. The number of halogens is 1. The highest BCUT2D eigenvalue weighted by molar-refractivity contribution is 5.18. The molecule has 3 nitrogen and oxygen atoms in total. The van der Waals surface area contributed by atoms with Gasteiger partial charge in [-0.05, 0) is 6.07 Å². The molecule has 0 spiro atoms. The molecule has 1 N–H and O–H groups in total. The molecule has 14 heavy (non-hydrogen) atoms. The van der Waals surface area contributed by atoms with Gasteiger partial charge in [-0.2, -0.15) is 5.10 Å².